The molecular formula is C12H16F3NO2. The monoisotopic (exact) mass is 263 g/mol. The lowest BCUT2D eigenvalue weighted by Gasteiger charge is -2.20. The highest BCUT2D eigenvalue weighted by Crippen LogP contribution is 2.33. The maximum absolute atomic E-state index is 12.5. The van der Waals surface area contributed by atoms with Crippen LogP contribution >= 0.6 is 0 Å². The zero-order valence-corrected chi connectivity index (χ0v) is 9.91. The molecule has 18 heavy (non-hydrogen) atoms. The van der Waals surface area contributed by atoms with Crippen LogP contribution in [0.15, 0.2) is 18.2 Å². The van der Waals surface area contributed by atoms with E-state index in [-0.39, 0.29) is 18.5 Å². The molecule has 0 bridgehead atoms. The molecule has 0 aromatic heterocycles. The van der Waals surface area contributed by atoms with E-state index in [0.717, 1.165) is 12.1 Å². The van der Waals surface area contributed by atoms with Crippen LogP contribution in [0.4, 0.5) is 13.2 Å². The van der Waals surface area contributed by atoms with Gasteiger partial charge < -0.3 is 15.9 Å². The average Bonchev–Trinajstić information content (AvgIpc) is 2.27. The lowest BCUT2D eigenvalue weighted by molar-refractivity contribution is -0.137. The summed E-state index contributed by atoms with van der Waals surface area (Å²) in [5, 5.41) is 19.4. The van der Waals surface area contributed by atoms with E-state index in [9.17, 15) is 23.4 Å². The molecule has 0 spiro atoms. The lowest BCUT2D eigenvalue weighted by Crippen LogP contribution is -2.23. The number of halogens is 3. The van der Waals surface area contributed by atoms with Crippen molar-refractivity contribution >= 4 is 0 Å². The highest BCUT2D eigenvalue weighted by molar-refractivity contribution is 5.34. The summed E-state index contributed by atoms with van der Waals surface area (Å²) >= 11 is 0. The van der Waals surface area contributed by atoms with E-state index in [1.54, 1.807) is 6.92 Å². The molecule has 0 aliphatic rings. The van der Waals surface area contributed by atoms with Crippen molar-refractivity contribution in [3.05, 3.63) is 34.9 Å². The molecule has 0 aliphatic carbocycles. The number of nitrogens with two attached hydrogens (primary N) is 1. The van der Waals surface area contributed by atoms with Crippen molar-refractivity contribution in [3.63, 3.8) is 0 Å². The van der Waals surface area contributed by atoms with Crippen LogP contribution in [0.2, 0.25) is 0 Å². The Balaban J connectivity index is 3.08. The summed E-state index contributed by atoms with van der Waals surface area (Å²) in [6.45, 7) is 1.73. The molecule has 4 N–H and O–H groups in total. The summed E-state index contributed by atoms with van der Waals surface area (Å²) in [4.78, 5) is 0. The Kier molecular flexibility index (Phi) is 4.72. The van der Waals surface area contributed by atoms with Crippen LogP contribution in [0.1, 0.15) is 29.2 Å². The Morgan fingerprint density at radius 2 is 1.89 bits per heavy atom. The molecule has 102 valence electrons. The Hall–Kier alpha value is -1.11. The minimum atomic E-state index is -4.47. The van der Waals surface area contributed by atoms with E-state index in [1.165, 1.54) is 6.07 Å². The van der Waals surface area contributed by atoms with E-state index < -0.39 is 23.9 Å². The summed E-state index contributed by atoms with van der Waals surface area (Å²) in [5.41, 5.74) is 4.95. The Bertz CT molecular complexity index is 407. The van der Waals surface area contributed by atoms with Crippen molar-refractivity contribution in [2.75, 3.05) is 6.54 Å². The smallest absolute Gasteiger partial charge is 0.390 e. The first-order chi connectivity index (χ1) is 8.27. The second kappa shape index (κ2) is 5.69. The van der Waals surface area contributed by atoms with Crippen LogP contribution in [-0.2, 0) is 6.18 Å². The molecule has 0 heterocycles. The van der Waals surface area contributed by atoms with Crippen LogP contribution in [0.25, 0.3) is 0 Å². The maximum Gasteiger partial charge on any atom is 0.416 e. The molecule has 1 rings (SSSR count). The normalized spacial score (nSPS) is 15.5. The van der Waals surface area contributed by atoms with E-state index in [1.807, 2.05) is 0 Å². The highest BCUT2D eigenvalue weighted by atomic mass is 19.4. The molecule has 0 aliphatic heterocycles. The molecule has 2 unspecified atom stereocenters. The summed E-state index contributed by atoms with van der Waals surface area (Å²) in [6.07, 6.45) is -6.88. The van der Waals surface area contributed by atoms with Gasteiger partial charge in [-0.3, -0.25) is 0 Å². The first kappa shape index (κ1) is 14.9. The number of aliphatic hydroxyl groups is 2. The van der Waals surface area contributed by atoms with Crippen LogP contribution < -0.4 is 5.73 Å². The number of hydrogen-bond donors (Lipinski definition) is 3. The van der Waals surface area contributed by atoms with E-state index in [4.69, 9.17) is 5.73 Å². The van der Waals surface area contributed by atoms with Crippen molar-refractivity contribution in [2.24, 2.45) is 5.73 Å². The van der Waals surface area contributed by atoms with Gasteiger partial charge in [-0.25, -0.2) is 0 Å². The van der Waals surface area contributed by atoms with Gasteiger partial charge in [-0.05, 0) is 43.1 Å². The molecule has 1 aromatic carbocycles. The van der Waals surface area contributed by atoms with Gasteiger partial charge in [0.15, 0.2) is 0 Å². The van der Waals surface area contributed by atoms with Gasteiger partial charge in [-0.15, -0.1) is 0 Å². The predicted octanol–water partition coefficient (Wildman–Crippen LogP) is 1.76. The van der Waals surface area contributed by atoms with Gasteiger partial charge in [0, 0.05) is 0 Å². The molecule has 0 saturated carbocycles. The Morgan fingerprint density at radius 1 is 1.28 bits per heavy atom. The SMILES string of the molecule is Cc1ccc(C(F)(F)F)cc1C(O)C(O)CCN. The van der Waals surface area contributed by atoms with Crippen LogP contribution in [0.5, 0.6) is 0 Å². The second-order valence-corrected chi connectivity index (χ2v) is 4.16. The minimum Gasteiger partial charge on any atom is -0.390 e. The Labute approximate surface area is 103 Å². The second-order valence-electron chi connectivity index (χ2n) is 4.16. The first-order valence-corrected chi connectivity index (χ1v) is 5.51. The highest BCUT2D eigenvalue weighted by Gasteiger charge is 2.32. The number of rotatable bonds is 4. The van der Waals surface area contributed by atoms with Gasteiger partial charge in [0.25, 0.3) is 0 Å². The number of alkyl halides is 3. The topological polar surface area (TPSA) is 66.5 Å². The molecule has 2 atom stereocenters. The number of aliphatic hydroxyl groups excluding tert-OH is 2. The molecule has 0 fully saturated rings. The Morgan fingerprint density at radius 3 is 2.39 bits per heavy atom. The van der Waals surface area contributed by atoms with Gasteiger partial charge >= 0.3 is 6.18 Å². The van der Waals surface area contributed by atoms with Crippen molar-refractivity contribution < 1.29 is 23.4 Å². The van der Waals surface area contributed by atoms with Crippen molar-refractivity contribution in [3.8, 4) is 0 Å². The molecule has 1 aromatic rings. The zero-order valence-electron chi connectivity index (χ0n) is 9.91. The van der Waals surface area contributed by atoms with Gasteiger partial charge in [0.1, 0.15) is 6.10 Å². The zero-order chi connectivity index (χ0) is 13.9. The fraction of sp³-hybridized carbons (Fsp3) is 0.500. The number of benzene rings is 1. The van der Waals surface area contributed by atoms with Crippen LogP contribution in [-0.4, -0.2) is 22.9 Å². The predicted molar refractivity (Wildman–Crippen MR) is 60.8 cm³/mol. The summed E-state index contributed by atoms with van der Waals surface area (Å²) in [6, 6.07) is 3.08. The minimum absolute atomic E-state index is 0.0748. The maximum atomic E-state index is 12.5. The largest absolute Gasteiger partial charge is 0.416 e. The summed E-state index contributed by atoms with van der Waals surface area (Å²) in [5.74, 6) is 0. The van der Waals surface area contributed by atoms with Gasteiger partial charge in [-0.2, -0.15) is 13.2 Å². The van der Waals surface area contributed by atoms with Crippen LogP contribution in [0.3, 0.4) is 0 Å². The molecule has 3 nitrogen and oxygen atoms in total. The summed E-state index contributed by atoms with van der Waals surface area (Å²) < 4.78 is 37.6. The molecule has 0 amide bonds. The van der Waals surface area contributed by atoms with E-state index >= 15 is 0 Å². The third-order valence-corrected chi connectivity index (χ3v) is 2.75. The third-order valence-electron chi connectivity index (χ3n) is 2.75. The third kappa shape index (κ3) is 3.44. The fourth-order valence-electron chi connectivity index (χ4n) is 1.67. The molecule has 0 saturated heterocycles. The van der Waals surface area contributed by atoms with Gasteiger partial charge in [-0.1, -0.05) is 6.07 Å². The first-order valence-electron chi connectivity index (χ1n) is 5.51. The average molecular weight is 263 g/mol. The summed E-state index contributed by atoms with van der Waals surface area (Å²) in [7, 11) is 0. The van der Waals surface area contributed by atoms with E-state index in [2.05, 4.69) is 0 Å². The number of aryl methyl sites for hydroxylation is 1. The van der Waals surface area contributed by atoms with Crippen molar-refractivity contribution in [2.45, 2.75) is 31.7 Å². The quantitative estimate of drug-likeness (QED) is 0.775. The van der Waals surface area contributed by atoms with Gasteiger partial charge in [0.05, 0.1) is 11.7 Å². The standard InChI is InChI=1S/C12H16F3NO2/c1-7-2-3-8(12(13,14)15)6-9(7)11(18)10(17)4-5-16/h2-3,6,10-11,17-18H,4-5,16H2,1H3. The van der Waals surface area contributed by atoms with Crippen LogP contribution in [0, 0.1) is 6.92 Å². The fourth-order valence-corrected chi connectivity index (χ4v) is 1.67. The van der Waals surface area contributed by atoms with Crippen molar-refractivity contribution in [1.29, 1.82) is 0 Å². The molecule has 0 radical (unpaired) electrons. The van der Waals surface area contributed by atoms with E-state index in [0.29, 0.717) is 5.56 Å². The lowest BCUT2D eigenvalue weighted by atomic mass is 9.95. The number of hydrogen-bond acceptors (Lipinski definition) is 3. The van der Waals surface area contributed by atoms with Crippen molar-refractivity contribution in [1.82, 2.24) is 0 Å². The van der Waals surface area contributed by atoms with Gasteiger partial charge in [0.2, 0.25) is 0 Å². The molecule has 6 heteroatoms. The molecular weight excluding hydrogens is 247 g/mol.